The fourth-order valence-electron chi connectivity index (χ4n) is 4.58. The van der Waals surface area contributed by atoms with Crippen LogP contribution in [0.1, 0.15) is 64.4 Å². The van der Waals surface area contributed by atoms with E-state index in [0.29, 0.717) is 25.1 Å². The van der Waals surface area contributed by atoms with Crippen molar-refractivity contribution in [1.29, 1.82) is 0 Å². The summed E-state index contributed by atoms with van der Waals surface area (Å²) in [5.41, 5.74) is 2.53. The van der Waals surface area contributed by atoms with E-state index in [0.717, 1.165) is 44.4 Å². The number of nitrogens with one attached hydrogen (secondary N) is 2. The van der Waals surface area contributed by atoms with E-state index in [9.17, 15) is 5.11 Å². The Labute approximate surface area is 177 Å². The van der Waals surface area contributed by atoms with E-state index < -0.39 is 0 Å². The number of nitrogens with zero attached hydrogens (tertiary/aromatic N) is 2. The van der Waals surface area contributed by atoms with Gasteiger partial charge in [-0.1, -0.05) is 25.5 Å². The minimum absolute atomic E-state index is 0.326. The van der Waals surface area contributed by atoms with Gasteiger partial charge >= 0.3 is 0 Å². The molecule has 0 radical (unpaired) electrons. The van der Waals surface area contributed by atoms with Crippen LogP contribution in [0.5, 0.6) is 0 Å². The molecule has 1 aromatic rings. The number of guanidine groups is 1. The summed E-state index contributed by atoms with van der Waals surface area (Å²) in [5.74, 6) is 2.34. The molecule has 1 heterocycles. The van der Waals surface area contributed by atoms with Gasteiger partial charge in [0.25, 0.3) is 0 Å². The van der Waals surface area contributed by atoms with Crippen molar-refractivity contribution < 1.29 is 5.11 Å². The maximum Gasteiger partial charge on any atom is 0.191 e. The highest BCUT2D eigenvalue weighted by atomic mass is 16.3. The van der Waals surface area contributed by atoms with E-state index in [-0.39, 0.29) is 0 Å². The van der Waals surface area contributed by atoms with E-state index >= 15 is 0 Å². The second-order valence-corrected chi connectivity index (χ2v) is 8.74. The lowest BCUT2D eigenvalue weighted by Crippen LogP contribution is -2.44. The standard InChI is InChI=1S/C24H40N4O/c1-3-19-5-9-22(10-6-19)27-24(25-4-2)26-17-20-7-11-23(12-8-20)28-15-13-21(18-29)14-16-28/h7-8,11-12,19,21-22,29H,3-6,9-10,13-18H2,1-2H3,(H2,25,26,27). The van der Waals surface area contributed by atoms with Crippen LogP contribution in [0.3, 0.4) is 0 Å². The molecule has 1 aromatic carbocycles. The Morgan fingerprint density at radius 1 is 1.00 bits per heavy atom. The van der Waals surface area contributed by atoms with Gasteiger partial charge in [0.2, 0.25) is 0 Å². The van der Waals surface area contributed by atoms with Crippen LogP contribution < -0.4 is 15.5 Å². The third kappa shape index (κ3) is 6.63. The summed E-state index contributed by atoms with van der Waals surface area (Å²) in [7, 11) is 0. The molecule has 162 valence electrons. The van der Waals surface area contributed by atoms with Crippen LogP contribution in [0, 0.1) is 11.8 Å². The molecule has 5 heteroatoms. The van der Waals surface area contributed by atoms with Gasteiger partial charge in [0.1, 0.15) is 0 Å². The van der Waals surface area contributed by atoms with Crippen molar-refractivity contribution in [2.24, 2.45) is 16.8 Å². The number of anilines is 1. The van der Waals surface area contributed by atoms with Crippen LogP contribution in [0.25, 0.3) is 0 Å². The normalized spacial score (nSPS) is 23.8. The van der Waals surface area contributed by atoms with Crippen molar-refractivity contribution in [3.05, 3.63) is 29.8 Å². The molecule has 1 aliphatic carbocycles. The van der Waals surface area contributed by atoms with Gasteiger partial charge in [0.05, 0.1) is 6.54 Å². The molecule has 29 heavy (non-hydrogen) atoms. The lowest BCUT2D eigenvalue weighted by Gasteiger charge is -2.33. The summed E-state index contributed by atoms with van der Waals surface area (Å²) < 4.78 is 0. The van der Waals surface area contributed by atoms with Gasteiger partial charge in [0, 0.05) is 38.0 Å². The molecule has 0 amide bonds. The molecule has 3 N–H and O–H groups in total. The van der Waals surface area contributed by atoms with Crippen molar-refractivity contribution in [3.63, 3.8) is 0 Å². The molecule has 3 rings (SSSR count). The summed E-state index contributed by atoms with van der Waals surface area (Å²) in [6.07, 6.45) is 8.67. The average Bonchev–Trinajstić information content (AvgIpc) is 2.78. The summed E-state index contributed by atoms with van der Waals surface area (Å²) in [4.78, 5) is 7.26. The lowest BCUT2D eigenvalue weighted by molar-refractivity contribution is 0.203. The monoisotopic (exact) mass is 400 g/mol. The average molecular weight is 401 g/mol. The van der Waals surface area contributed by atoms with Crippen molar-refractivity contribution in [2.45, 2.75) is 71.4 Å². The second-order valence-electron chi connectivity index (χ2n) is 8.74. The molecule has 0 spiro atoms. The molecule has 2 aliphatic rings. The summed E-state index contributed by atoms with van der Waals surface area (Å²) in [6.45, 7) is 8.43. The third-order valence-electron chi connectivity index (χ3n) is 6.70. The van der Waals surface area contributed by atoms with Gasteiger partial charge in [-0.25, -0.2) is 4.99 Å². The zero-order valence-corrected chi connectivity index (χ0v) is 18.4. The van der Waals surface area contributed by atoms with Gasteiger partial charge in [-0.15, -0.1) is 0 Å². The summed E-state index contributed by atoms with van der Waals surface area (Å²) in [6, 6.07) is 9.40. The minimum atomic E-state index is 0.326. The first kappa shape index (κ1) is 21.9. The summed E-state index contributed by atoms with van der Waals surface area (Å²) >= 11 is 0. The Bertz CT molecular complexity index is 614. The SMILES string of the molecule is CCNC(=NCc1ccc(N2CCC(CO)CC2)cc1)NC1CCC(CC)CC1. The first-order valence-electron chi connectivity index (χ1n) is 11.7. The minimum Gasteiger partial charge on any atom is -0.396 e. The van der Waals surface area contributed by atoms with Gasteiger partial charge in [0.15, 0.2) is 5.96 Å². The van der Waals surface area contributed by atoms with E-state index in [1.807, 2.05) is 0 Å². The van der Waals surface area contributed by atoms with Gasteiger partial charge in [-0.05, 0) is 75.0 Å². The summed E-state index contributed by atoms with van der Waals surface area (Å²) in [5, 5.41) is 16.4. The highest BCUT2D eigenvalue weighted by Gasteiger charge is 2.21. The van der Waals surface area contributed by atoms with E-state index in [1.54, 1.807) is 0 Å². The molecule has 1 aliphatic heterocycles. The second kappa shape index (κ2) is 11.4. The first-order valence-corrected chi connectivity index (χ1v) is 11.7. The molecule has 1 saturated heterocycles. The van der Waals surface area contributed by atoms with Crippen LogP contribution in [0.2, 0.25) is 0 Å². The smallest absolute Gasteiger partial charge is 0.191 e. The highest BCUT2D eigenvalue weighted by Crippen LogP contribution is 2.26. The lowest BCUT2D eigenvalue weighted by atomic mass is 9.84. The van der Waals surface area contributed by atoms with Gasteiger partial charge < -0.3 is 20.6 Å². The van der Waals surface area contributed by atoms with Gasteiger partial charge in [-0.3, -0.25) is 0 Å². The number of aliphatic hydroxyl groups is 1. The molecule has 1 saturated carbocycles. The Kier molecular flexibility index (Phi) is 8.66. The molecule has 5 nitrogen and oxygen atoms in total. The molecule has 0 unspecified atom stereocenters. The highest BCUT2D eigenvalue weighted by molar-refractivity contribution is 5.80. The molecule has 0 aromatic heterocycles. The number of aliphatic imine (C=N–C) groups is 1. The molecular formula is C24H40N4O. The number of piperidine rings is 1. The largest absolute Gasteiger partial charge is 0.396 e. The van der Waals surface area contributed by atoms with Crippen LogP contribution in [0.15, 0.2) is 29.3 Å². The first-order chi connectivity index (χ1) is 14.2. The van der Waals surface area contributed by atoms with Crippen LogP contribution in [-0.2, 0) is 6.54 Å². The number of hydrogen-bond donors (Lipinski definition) is 3. The fraction of sp³-hybridized carbons (Fsp3) is 0.708. The molecule has 2 fully saturated rings. The maximum absolute atomic E-state index is 9.31. The van der Waals surface area contributed by atoms with E-state index in [4.69, 9.17) is 4.99 Å². The van der Waals surface area contributed by atoms with E-state index in [2.05, 4.69) is 53.6 Å². The fourth-order valence-corrected chi connectivity index (χ4v) is 4.58. The Morgan fingerprint density at radius 3 is 2.28 bits per heavy atom. The van der Waals surface area contributed by atoms with Gasteiger partial charge in [-0.2, -0.15) is 0 Å². The van der Waals surface area contributed by atoms with Crippen molar-refractivity contribution >= 4 is 11.6 Å². The molecule has 0 bridgehead atoms. The predicted octanol–water partition coefficient (Wildman–Crippen LogP) is 3.92. The predicted molar refractivity (Wildman–Crippen MR) is 122 cm³/mol. The van der Waals surface area contributed by atoms with E-state index in [1.165, 1.54) is 43.4 Å². The van der Waals surface area contributed by atoms with Crippen LogP contribution >= 0.6 is 0 Å². The number of hydrogen-bond acceptors (Lipinski definition) is 3. The van der Waals surface area contributed by atoms with Crippen molar-refractivity contribution in [2.75, 3.05) is 31.1 Å². The third-order valence-corrected chi connectivity index (χ3v) is 6.70. The number of benzene rings is 1. The zero-order valence-electron chi connectivity index (χ0n) is 18.4. The Balaban J connectivity index is 1.51. The van der Waals surface area contributed by atoms with Crippen LogP contribution in [-0.4, -0.2) is 43.3 Å². The number of rotatable bonds is 7. The maximum atomic E-state index is 9.31. The number of aliphatic hydroxyl groups excluding tert-OH is 1. The molecular weight excluding hydrogens is 360 g/mol. The molecule has 0 atom stereocenters. The Hall–Kier alpha value is -1.75. The topological polar surface area (TPSA) is 59.9 Å². The zero-order chi connectivity index (χ0) is 20.5. The van der Waals surface area contributed by atoms with Crippen LogP contribution in [0.4, 0.5) is 5.69 Å². The van der Waals surface area contributed by atoms with Crippen molar-refractivity contribution in [1.82, 2.24) is 10.6 Å². The van der Waals surface area contributed by atoms with Crippen molar-refractivity contribution in [3.8, 4) is 0 Å². The quantitative estimate of drug-likeness (QED) is 0.480. The Morgan fingerprint density at radius 2 is 1.69 bits per heavy atom.